The fourth-order valence-electron chi connectivity index (χ4n) is 2.06. The van der Waals surface area contributed by atoms with Crippen molar-refractivity contribution in [2.75, 3.05) is 19.4 Å². The Bertz CT molecular complexity index is 443. The van der Waals surface area contributed by atoms with Crippen molar-refractivity contribution >= 4 is 17.7 Å². The molecule has 1 aromatic carbocycles. The zero-order chi connectivity index (χ0) is 13.1. The van der Waals surface area contributed by atoms with Crippen LogP contribution in [0.15, 0.2) is 23.1 Å². The van der Waals surface area contributed by atoms with E-state index in [1.54, 1.807) is 11.8 Å². The summed E-state index contributed by atoms with van der Waals surface area (Å²) < 4.78 is 0. The molecule has 0 aromatic heterocycles. The highest BCUT2D eigenvalue weighted by molar-refractivity contribution is 7.98. The third kappa shape index (κ3) is 2.87. The highest BCUT2D eigenvalue weighted by Crippen LogP contribution is 2.29. The molecular formula is C14H19NO2S. The zero-order valence-corrected chi connectivity index (χ0v) is 11.7. The van der Waals surface area contributed by atoms with Gasteiger partial charge in [0.15, 0.2) is 0 Å². The van der Waals surface area contributed by atoms with Gasteiger partial charge >= 0.3 is 0 Å². The first-order valence-electron chi connectivity index (χ1n) is 6.24. The number of carbonyl (C=O) groups excluding carboxylic acids is 1. The second-order valence-corrected chi connectivity index (χ2v) is 5.51. The Hall–Kier alpha value is -1.00. The molecule has 2 rings (SSSR count). The van der Waals surface area contributed by atoms with Gasteiger partial charge in [0, 0.05) is 23.0 Å². The van der Waals surface area contributed by atoms with E-state index in [-0.39, 0.29) is 12.5 Å². The van der Waals surface area contributed by atoms with Gasteiger partial charge in [-0.15, -0.1) is 11.8 Å². The summed E-state index contributed by atoms with van der Waals surface area (Å²) in [6.07, 6.45) is 4.13. The lowest BCUT2D eigenvalue weighted by molar-refractivity contribution is 0.0706. The van der Waals surface area contributed by atoms with Gasteiger partial charge in [0.1, 0.15) is 0 Å². The third-order valence-electron chi connectivity index (χ3n) is 3.26. The largest absolute Gasteiger partial charge is 0.395 e. The second kappa shape index (κ2) is 5.76. The van der Waals surface area contributed by atoms with Crippen LogP contribution in [0.1, 0.15) is 28.8 Å². The summed E-state index contributed by atoms with van der Waals surface area (Å²) >= 11 is 1.64. The molecule has 1 aliphatic carbocycles. The van der Waals surface area contributed by atoms with Crippen LogP contribution >= 0.6 is 11.8 Å². The molecule has 0 aliphatic heterocycles. The molecule has 0 radical (unpaired) electrons. The normalized spacial score (nSPS) is 14.6. The molecule has 3 nitrogen and oxygen atoms in total. The Morgan fingerprint density at radius 3 is 2.78 bits per heavy atom. The number of rotatable bonds is 5. The van der Waals surface area contributed by atoms with Crippen molar-refractivity contribution in [1.29, 1.82) is 0 Å². The highest BCUT2D eigenvalue weighted by Gasteiger charge is 2.33. The highest BCUT2D eigenvalue weighted by atomic mass is 32.2. The Kier molecular flexibility index (Phi) is 4.30. The summed E-state index contributed by atoms with van der Waals surface area (Å²) in [5.74, 6) is 0.0555. The van der Waals surface area contributed by atoms with E-state index < -0.39 is 0 Å². The Labute approximate surface area is 112 Å². The third-order valence-corrected chi connectivity index (χ3v) is 3.99. The lowest BCUT2D eigenvalue weighted by Gasteiger charge is -2.22. The lowest BCUT2D eigenvalue weighted by atomic mass is 10.1. The number of hydrogen-bond acceptors (Lipinski definition) is 3. The smallest absolute Gasteiger partial charge is 0.254 e. The number of aliphatic hydroxyl groups excluding tert-OH is 1. The second-order valence-electron chi connectivity index (χ2n) is 4.63. The molecular weight excluding hydrogens is 246 g/mol. The minimum Gasteiger partial charge on any atom is -0.395 e. The quantitative estimate of drug-likeness (QED) is 0.831. The number of aliphatic hydroxyl groups is 1. The standard InChI is InChI=1S/C14H19NO2S/c1-10-3-6-12(18-2)9-13(10)14(17)15(7-8-16)11-4-5-11/h3,6,9,11,16H,4-5,7-8H2,1-2H3. The average molecular weight is 265 g/mol. The Balaban J connectivity index is 2.25. The van der Waals surface area contributed by atoms with Crippen molar-refractivity contribution in [2.24, 2.45) is 0 Å². The van der Waals surface area contributed by atoms with Crippen LogP contribution < -0.4 is 0 Å². The first kappa shape index (κ1) is 13.4. The maximum atomic E-state index is 12.5. The topological polar surface area (TPSA) is 40.5 Å². The number of thioether (sulfide) groups is 1. The SMILES string of the molecule is CSc1ccc(C)c(C(=O)N(CCO)C2CC2)c1. The minimum absolute atomic E-state index is 0.0313. The molecule has 4 heteroatoms. The molecule has 98 valence electrons. The van der Waals surface area contributed by atoms with Crippen LogP contribution in [0.4, 0.5) is 0 Å². The van der Waals surface area contributed by atoms with Crippen molar-refractivity contribution < 1.29 is 9.90 Å². The molecule has 0 atom stereocenters. The Morgan fingerprint density at radius 1 is 1.50 bits per heavy atom. The molecule has 0 spiro atoms. The molecule has 0 bridgehead atoms. The lowest BCUT2D eigenvalue weighted by Crippen LogP contribution is -2.35. The van der Waals surface area contributed by atoms with Crippen LogP contribution in [0, 0.1) is 6.92 Å². The van der Waals surface area contributed by atoms with E-state index in [9.17, 15) is 4.79 Å². The van der Waals surface area contributed by atoms with E-state index in [0.717, 1.165) is 28.9 Å². The summed E-state index contributed by atoms with van der Waals surface area (Å²) in [5.41, 5.74) is 1.77. The van der Waals surface area contributed by atoms with Crippen LogP contribution in [0.3, 0.4) is 0 Å². The van der Waals surface area contributed by atoms with Gasteiger partial charge in [-0.25, -0.2) is 0 Å². The minimum atomic E-state index is 0.0313. The van der Waals surface area contributed by atoms with Gasteiger partial charge in [0.25, 0.3) is 5.91 Å². The van der Waals surface area contributed by atoms with Gasteiger partial charge in [0.2, 0.25) is 0 Å². The number of hydrogen-bond donors (Lipinski definition) is 1. The van der Waals surface area contributed by atoms with Gasteiger partial charge in [-0.05, 0) is 43.7 Å². The Morgan fingerprint density at radius 2 is 2.22 bits per heavy atom. The van der Waals surface area contributed by atoms with E-state index in [2.05, 4.69) is 0 Å². The molecule has 1 N–H and O–H groups in total. The summed E-state index contributed by atoms with van der Waals surface area (Å²) in [6, 6.07) is 6.31. The first-order chi connectivity index (χ1) is 8.67. The summed E-state index contributed by atoms with van der Waals surface area (Å²) in [5, 5.41) is 9.08. The predicted octanol–water partition coefficient (Wildman–Crippen LogP) is 2.31. The van der Waals surface area contributed by atoms with Gasteiger partial charge in [-0.2, -0.15) is 0 Å². The molecule has 1 aromatic rings. The van der Waals surface area contributed by atoms with Crippen LogP contribution in [0.2, 0.25) is 0 Å². The van der Waals surface area contributed by atoms with Crippen molar-refractivity contribution in [1.82, 2.24) is 4.90 Å². The van der Waals surface area contributed by atoms with E-state index in [1.807, 2.05) is 36.3 Å². The number of nitrogens with zero attached hydrogens (tertiary/aromatic N) is 1. The molecule has 1 fully saturated rings. The molecule has 0 saturated heterocycles. The zero-order valence-electron chi connectivity index (χ0n) is 10.8. The molecule has 0 unspecified atom stereocenters. The van der Waals surface area contributed by atoms with E-state index in [0.29, 0.717) is 12.6 Å². The molecule has 0 heterocycles. The first-order valence-corrected chi connectivity index (χ1v) is 7.46. The fraction of sp³-hybridized carbons (Fsp3) is 0.500. The van der Waals surface area contributed by atoms with Crippen LogP contribution in [-0.2, 0) is 0 Å². The maximum Gasteiger partial charge on any atom is 0.254 e. The van der Waals surface area contributed by atoms with Crippen molar-refractivity contribution in [2.45, 2.75) is 30.7 Å². The number of amides is 1. The van der Waals surface area contributed by atoms with Crippen LogP contribution in [-0.4, -0.2) is 41.4 Å². The molecule has 18 heavy (non-hydrogen) atoms. The van der Waals surface area contributed by atoms with Crippen LogP contribution in [0.5, 0.6) is 0 Å². The van der Waals surface area contributed by atoms with Gasteiger partial charge in [-0.3, -0.25) is 4.79 Å². The maximum absolute atomic E-state index is 12.5. The van der Waals surface area contributed by atoms with Crippen molar-refractivity contribution in [3.05, 3.63) is 29.3 Å². The molecule has 1 saturated carbocycles. The van der Waals surface area contributed by atoms with Gasteiger partial charge in [-0.1, -0.05) is 6.07 Å². The van der Waals surface area contributed by atoms with Gasteiger partial charge < -0.3 is 10.0 Å². The molecule has 1 amide bonds. The van der Waals surface area contributed by atoms with Crippen molar-refractivity contribution in [3.63, 3.8) is 0 Å². The number of carbonyl (C=O) groups is 1. The number of aryl methyl sites for hydroxylation is 1. The van der Waals surface area contributed by atoms with Crippen molar-refractivity contribution in [3.8, 4) is 0 Å². The molecule has 1 aliphatic rings. The van der Waals surface area contributed by atoms with E-state index in [1.165, 1.54) is 0 Å². The predicted molar refractivity (Wildman–Crippen MR) is 74.1 cm³/mol. The average Bonchev–Trinajstić information content (AvgIpc) is 3.20. The van der Waals surface area contributed by atoms with Crippen LogP contribution in [0.25, 0.3) is 0 Å². The van der Waals surface area contributed by atoms with Gasteiger partial charge in [0.05, 0.1) is 6.61 Å². The summed E-state index contributed by atoms with van der Waals surface area (Å²) in [6.45, 7) is 2.43. The fourth-order valence-corrected chi connectivity index (χ4v) is 2.50. The van der Waals surface area contributed by atoms with E-state index >= 15 is 0 Å². The summed E-state index contributed by atoms with van der Waals surface area (Å²) in [7, 11) is 0. The van der Waals surface area contributed by atoms with E-state index in [4.69, 9.17) is 5.11 Å². The summed E-state index contributed by atoms with van der Waals surface area (Å²) in [4.78, 5) is 15.4. The monoisotopic (exact) mass is 265 g/mol. The number of benzene rings is 1.